The van der Waals surface area contributed by atoms with Crippen molar-refractivity contribution in [3.63, 3.8) is 0 Å². The lowest BCUT2D eigenvalue weighted by Gasteiger charge is -2.23. The maximum atomic E-state index is 12.7. The highest BCUT2D eigenvalue weighted by molar-refractivity contribution is 6.03. The summed E-state index contributed by atoms with van der Waals surface area (Å²) in [6.45, 7) is 4.22. The van der Waals surface area contributed by atoms with Crippen LogP contribution >= 0.6 is 24.8 Å². The molecule has 10 heteroatoms. The topological polar surface area (TPSA) is 94.0 Å². The van der Waals surface area contributed by atoms with Crippen molar-refractivity contribution in [1.82, 2.24) is 25.3 Å². The lowest BCUT2D eigenvalue weighted by atomic mass is 10.1. The van der Waals surface area contributed by atoms with Gasteiger partial charge in [0.05, 0.1) is 11.7 Å². The number of halogens is 2. The van der Waals surface area contributed by atoms with E-state index in [-0.39, 0.29) is 36.8 Å². The van der Waals surface area contributed by atoms with Crippen LogP contribution < -0.4 is 15.4 Å². The van der Waals surface area contributed by atoms with Gasteiger partial charge in [-0.1, -0.05) is 17.3 Å². The number of anilines is 1. The van der Waals surface area contributed by atoms with Crippen LogP contribution in [0.3, 0.4) is 0 Å². The number of carbonyl (C=O) groups excluding carboxylic acids is 1. The first-order valence-corrected chi connectivity index (χ1v) is 9.76. The summed E-state index contributed by atoms with van der Waals surface area (Å²) in [5.41, 5.74) is 2.77. The fourth-order valence-corrected chi connectivity index (χ4v) is 3.45. The molecule has 3 aromatic rings. The first kappa shape index (κ1) is 24.6. The van der Waals surface area contributed by atoms with Crippen LogP contribution in [0.5, 0.6) is 5.75 Å². The summed E-state index contributed by atoms with van der Waals surface area (Å²) in [5.74, 6) is 0.397. The Hall–Kier alpha value is -2.68. The number of hydrogen-bond acceptors (Lipinski definition) is 6. The largest absolute Gasteiger partial charge is 0.489 e. The van der Waals surface area contributed by atoms with E-state index in [1.165, 1.54) is 0 Å². The monoisotopic (exact) mass is 464 g/mol. The number of nitrogens with zero attached hydrogens (tertiary/aromatic N) is 4. The number of benzene rings is 1. The van der Waals surface area contributed by atoms with Crippen molar-refractivity contribution in [2.45, 2.75) is 32.4 Å². The summed E-state index contributed by atoms with van der Waals surface area (Å²) in [7, 11) is 0. The molecule has 0 aliphatic carbocycles. The van der Waals surface area contributed by atoms with Crippen LogP contribution in [0.1, 0.15) is 40.6 Å². The van der Waals surface area contributed by atoms with Crippen LogP contribution in [0.4, 0.5) is 5.69 Å². The molecule has 0 atom stereocenters. The molecule has 0 spiro atoms. The predicted molar refractivity (Wildman–Crippen MR) is 123 cm³/mol. The zero-order valence-electron chi connectivity index (χ0n) is 17.2. The number of amides is 1. The third-order valence-corrected chi connectivity index (χ3v) is 5.02. The van der Waals surface area contributed by atoms with Crippen LogP contribution in [0.25, 0.3) is 0 Å². The summed E-state index contributed by atoms with van der Waals surface area (Å²) in [6.07, 6.45) is 5.46. The van der Waals surface area contributed by atoms with Crippen LogP contribution in [-0.4, -0.2) is 39.0 Å². The van der Waals surface area contributed by atoms with E-state index in [2.05, 4.69) is 25.9 Å². The van der Waals surface area contributed by atoms with Crippen LogP contribution in [0, 0.1) is 6.92 Å². The van der Waals surface area contributed by atoms with Gasteiger partial charge in [0.2, 0.25) is 0 Å². The van der Waals surface area contributed by atoms with Gasteiger partial charge >= 0.3 is 0 Å². The molecular formula is C21H26Cl2N6O2. The van der Waals surface area contributed by atoms with E-state index < -0.39 is 0 Å². The van der Waals surface area contributed by atoms with Crippen molar-refractivity contribution in [1.29, 1.82) is 0 Å². The number of nitrogens with one attached hydrogen (secondary N) is 2. The molecule has 2 aromatic heterocycles. The molecule has 8 nitrogen and oxygen atoms in total. The fraction of sp³-hybridized carbons (Fsp3) is 0.333. The van der Waals surface area contributed by atoms with E-state index in [1.54, 1.807) is 18.5 Å². The Kier molecular flexibility index (Phi) is 9.23. The first-order chi connectivity index (χ1) is 14.2. The summed E-state index contributed by atoms with van der Waals surface area (Å²) in [6, 6.07) is 11.4. The van der Waals surface area contributed by atoms with Gasteiger partial charge in [-0.2, -0.15) is 0 Å². The Morgan fingerprint density at radius 1 is 1.23 bits per heavy atom. The summed E-state index contributed by atoms with van der Waals surface area (Å²) in [4.78, 5) is 16.8. The van der Waals surface area contributed by atoms with Crippen molar-refractivity contribution in [2.75, 3.05) is 18.4 Å². The predicted octanol–water partition coefficient (Wildman–Crippen LogP) is 3.58. The number of aromatic nitrogens is 4. The summed E-state index contributed by atoms with van der Waals surface area (Å²) < 4.78 is 7.68. The van der Waals surface area contributed by atoms with E-state index >= 15 is 0 Å². The van der Waals surface area contributed by atoms with Crippen LogP contribution in [0.2, 0.25) is 0 Å². The molecule has 1 aliphatic heterocycles. The number of carbonyl (C=O) groups is 1. The van der Waals surface area contributed by atoms with Crippen LogP contribution in [0.15, 0.2) is 48.8 Å². The SMILES string of the molecule is Cc1c(C(=O)Nc2cccc(OCc3cccnc3)c2)nnn1C1CCNCC1.Cl.Cl. The number of piperidine rings is 1. The third-order valence-electron chi connectivity index (χ3n) is 5.02. The standard InChI is InChI=1S/C21H24N6O2.2ClH/c1-15-20(25-26-27(15)18-7-10-22-11-8-18)21(28)24-17-5-2-6-19(12-17)29-14-16-4-3-9-23-13-16;;/h2-6,9,12-13,18,22H,7-8,10-11,14H2,1H3,(H,24,28);2*1H. The molecule has 31 heavy (non-hydrogen) atoms. The smallest absolute Gasteiger partial charge is 0.278 e. The fourth-order valence-electron chi connectivity index (χ4n) is 3.45. The lowest BCUT2D eigenvalue weighted by molar-refractivity contribution is 0.102. The Morgan fingerprint density at radius 2 is 2.03 bits per heavy atom. The van der Waals surface area contributed by atoms with E-state index in [9.17, 15) is 4.79 Å². The molecule has 1 aliphatic rings. The maximum Gasteiger partial charge on any atom is 0.278 e. The molecular weight excluding hydrogens is 439 g/mol. The molecule has 0 radical (unpaired) electrons. The average molecular weight is 465 g/mol. The first-order valence-electron chi connectivity index (χ1n) is 9.76. The molecule has 4 rings (SSSR count). The van der Waals surface area contributed by atoms with Gasteiger partial charge in [-0.3, -0.25) is 9.78 Å². The maximum absolute atomic E-state index is 12.7. The molecule has 1 aromatic carbocycles. The van der Waals surface area contributed by atoms with Gasteiger partial charge in [0.15, 0.2) is 5.69 Å². The molecule has 2 N–H and O–H groups in total. The minimum atomic E-state index is -0.271. The molecule has 0 saturated carbocycles. The Labute approximate surface area is 193 Å². The molecule has 1 fully saturated rings. The van der Waals surface area contributed by atoms with Crippen LogP contribution in [-0.2, 0) is 6.61 Å². The zero-order valence-corrected chi connectivity index (χ0v) is 18.8. The van der Waals surface area contributed by atoms with E-state index in [4.69, 9.17) is 4.74 Å². The van der Waals surface area contributed by atoms with Gasteiger partial charge in [-0.05, 0) is 51.1 Å². The number of ether oxygens (including phenoxy) is 1. The average Bonchev–Trinajstić information content (AvgIpc) is 3.15. The number of pyridine rings is 1. The second-order valence-electron chi connectivity index (χ2n) is 7.08. The normalized spacial score (nSPS) is 13.6. The van der Waals surface area contributed by atoms with Crippen molar-refractivity contribution in [3.8, 4) is 5.75 Å². The van der Waals surface area contributed by atoms with Crippen molar-refractivity contribution < 1.29 is 9.53 Å². The highest BCUT2D eigenvalue weighted by Gasteiger charge is 2.23. The highest BCUT2D eigenvalue weighted by atomic mass is 35.5. The molecule has 166 valence electrons. The second kappa shape index (κ2) is 11.6. The van der Waals surface area contributed by atoms with E-state index in [1.807, 2.05) is 41.9 Å². The molecule has 3 heterocycles. The Morgan fingerprint density at radius 3 is 2.77 bits per heavy atom. The minimum Gasteiger partial charge on any atom is -0.489 e. The quantitative estimate of drug-likeness (QED) is 0.578. The Bertz CT molecular complexity index is 977. The van der Waals surface area contributed by atoms with E-state index in [0.717, 1.165) is 37.2 Å². The van der Waals surface area contributed by atoms with Crippen molar-refractivity contribution >= 4 is 36.4 Å². The summed E-state index contributed by atoms with van der Waals surface area (Å²) >= 11 is 0. The molecule has 1 amide bonds. The highest BCUT2D eigenvalue weighted by Crippen LogP contribution is 2.22. The molecule has 0 bridgehead atoms. The minimum absolute atomic E-state index is 0. The zero-order chi connectivity index (χ0) is 20.1. The van der Waals surface area contributed by atoms with Gasteiger partial charge < -0.3 is 15.4 Å². The van der Waals surface area contributed by atoms with Gasteiger partial charge in [-0.25, -0.2) is 4.68 Å². The van der Waals surface area contributed by atoms with Gasteiger partial charge in [-0.15, -0.1) is 29.9 Å². The third kappa shape index (κ3) is 6.16. The van der Waals surface area contributed by atoms with Gasteiger partial charge in [0.1, 0.15) is 12.4 Å². The molecule has 1 saturated heterocycles. The van der Waals surface area contributed by atoms with E-state index in [0.29, 0.717) is 23.7 Å². The second-order valence-corrected chi connectivity index (χ2v) is 7.08. The van der Waals surface area contributed by atoms with Crippen molar-refractivity contribution in [2.24, 2.45) is 0 Å². The summed E-state index contributed by atoms with van der Waals surface area (Å²) in [5, 5.41) is 14.6. The number of hydrogen-bond donors (Lipinski definition) is 2. The molecule has 0 unspecified atom stereocenters. The van der Waals surface area contributed by atoms with Crippen molar-refractivity contribution in [3.05, 3.63) is 65.7 Å². The van der Waals surface area contributed by atoms with Gasteiger partial charge in [0.25, 0.3) is 5.91 Å². The Balaban J connectivity index is 0.00000171. The number of rotatable bonds is 6. The van der Waals surface area contributed by atoms with Gasteiger partial charge in [0, 0.05) is 29.7 Å². The lowest BCUT2D eigenvalue weighted by Crippen LogP contribution is -2.30.